The maximum absolute atomic E-state index is 11.4. The molecule has 116 valence electrons. The number of likely N-dealkylation sites (tertiary alicyclic amines) is 1. The molecule has 0 saturated carbocycles. The number of piperidine rings is 1. The summed E-state index contributed by atoms with van der Waals surface area (Å²) in [5.41, 5.74) is 2.33. The Bertz CT molecular complexity index is 498. The topological polar surface area (TPSA) is 49.8 Å². The fraction of sp³-hybridized carbons (Fsp3) is 0.562. The highest BCUT2D eigenvalue weighted by atomic mass is 35.5. The molecule has 0 unspecified atom stereocenters. The number of methoxy groups -OCH3 is 1. The molecule has 1 fully saturated rings. The lowest BCUT2D eigenvalue weighted by molar-refractivity contribution is -0.154. The smallest absolute Gasteiger partial charge is 0.334 e. The van der Waals surface area contributed by atoms with E-state index >= 15 is 0 Å². The number of halogens is 1. The van der Waals surface area contributed by atoms with Crippen LogP contribution >= 0.6 is 11.6 Å². The van der Waals surface area contributed by atoms with Crippen LogP contribution in [0.1, 0.15) is 24.0 Å². The van der Waals surface area contributed by atoms with Crippen LogP contribution in [0.5, 0.6) is 0 Å². The summed E-state index contributed by atoms with van der Waals surface area (Å²) < 4.78 is 4.60. The molecule has 1 aliphatic rings. The van der Waals surface area contributed by atoms with Crippen LogP contribution in [-0.2, 0) is 16.1 Å². The standard InChI is InChI=1S/C16H22ClNO3/c1-11-9-12(3-4-14(11)17)10-18-7-5-13(6-8-18)15(19)16(20)21-2/h3-4,9,13,15,19H,5-8,10H2,1-2H3/t15-/m1/s1. The molecule has 1 N–H and O–H groups in total. The van der Waals surface area contributed by atoms with Crippen molar-refractivity contribution in [2.24, 2.45) is 5.92 Å². The zero-order valence-corrected chi connectivity index (χ0v) is 13.3. The van der Waals surface area contributed by atoms with Crippen molar-refractivity contribution < 1.29 is 14.6 Å². The predicted octanol–water partition coefficient (Wildman–Crippen LogP) is 2.39. The van der Waals surface area contributed by atoms with E-state index in [9.17, 15) is 9.90 Å². The molecule has 2 rings (SSSR count). The van der Waals surface area contributed by atoms with Crippen molar-refractivity contribution in [3.8, 4) is 0 Å². The van der Waals surface area contributed by atoms with Gasteiger partial charge in [-0.25, -0.2) is 4.79 Å². The van der Waals surface area contributed by atoms with Gasteiger partial charge in [0, 0.05) is 11.6 Å². The van der Waals surface area contributed by atoms with Crippen LogP contribution in [0.3, 0.4) is 0 Å². The number of benzene rings is 1. The van der Waals surface area contributed by atoms with E-state index in [2.05, 4.69) is 15.7 Å². The van der Waals surface area contributed by atoms with E-state index in [1.807, 2.05) is 19.1 Å². The molecular formula is C16H22ClNO3. The maximum Gasteiger partial charge on any atom is 0.334 e. The molecule has 4 nitrogen and oxygen atoms in total. The summed E-state index contributed by atoms with van der Waals surface area (Å²) in [6.07, 6.45) is 0.626. The van der Waals surface area contributed by atoms with Crippen molar-refractivity contribution in [1.29, 1.82) is 0 Å². The predicted molar refractivity (Wildman–Crippen MR) is 82.2 cm³/mol. The van der Waals surface area contributed by atoms with Gasteiger partial charge < -0.3 is 9.84 Å². The lowest BCUT2D eigenvalue weighted by atomic mass is 9.91. The van der Waals surface area contributed by atoms with Gasteiger partial charge in [0.2, 0.25) is 0 Å². The van der Waals surface area contributed by atoms with Gasteiger partial charge >= 0.3 is 5.97 Å². The summed E-state index contributed by atoms with van der Waals surface area (Å²) in [6, 6.07) is 6.09. The summed E-state index contributed by atoms with van der Waals surface area (Å²) in [7, 11) is 1.31. The van der Waals surface area contributed by atoms with E-state index in [-0.39, 0.29) is 5.92 Å². The van der Waals surface area contributed by atoms with E-state index in [1.54, 1.807) is 0 Å². The van der Waals surface area contributed by atoms with Crippen LogP contribution in [0.15, 0.2) is 18.2 Å². The molecule has 0 bridgehead atoms. The Hall–Kier alpha value is -1.10. The molecule has 21 heavy (non-hydrogen) atoms. The van der Waals surface area contributed by atoms with Crippen LogP contribution < -0.4 is 0 Å². The zero-order chi connectivity index (χ0) is 15.4. The van der Waals surface area contributed by atoms with Crippen molar-refractivity contribution >= 4 is 17.6 Å². The van der Waals surface area contributed by atoms with Crippen LogP contribution in [-0.4, -0.2) is 42.3 Å². The first-order chi connectivity index (χ1) is 10.0. The van der Waals surface area contributed by atoms with Crippen LogP contribution in [0.2, 0.25) is 5.02 Å². The fourth-order valence-electron chi connectivity index (χ4n) is 2.80. The highest BCUT2D eigenvalue weighted by Crippen LogP contribution is 2.24. The van der Waals surface area contributed by atoms with Gasteiger partial charge in [-0.3, -0.25) is 4.90 Å². The van der Waals surface area contributed by atoms with E-state index in [0.717, 1.165) is 43.1 Å². The molecular weight excluding hydrogens is 290 g/mol. The third-order valence-corrected chi connectivity index (χ3v) is 4.57. The molecule has 0 aromatic heterocycles. The SMILES string of the molecule is COC(=O)[C@H](O)C1CCN(Cc2ccc(Cl)c(C)c2)CC1. The van der Waals surface area contributed by atoms with Crippen molar-refractivity contribution in [2.45, 2.75) is 32.4 Å². The zero-order valence-electron chi connectivity index (χ0n) is 12.5. The first-order valence-corrected chi connectivity index (χ1v) is 7.62. The Morgan fingerprint density at radius 1 is 1.48 bits per heavy atom. The van der Waals surface area contributed by atoms with Crippen LogP contribution in [0, 0.1) is 12.8 Å². The molecule has 1 aromatic rings. The second-order valence-electron chi connectivity index (χ2n) is 5.67. The number of aliphatic hydroxyl groups excluding tert-OH is 1. The minimum atomic E-state index is -0.991. The lowest BCUT2D eigenvalue weighted by Gasteiger charge is -2.33. The number of carbonyl (C=O) groups is 1. The summed E-state index contributed by atoms with van der Waals surface area (Å²) in [5.74, 6) is -0.526. The second kappa shape index (κ2) is 7.25. The number of hydrogen-bond donors (Lipinski definition) is 1. The molecule has 0 amide bonds. The molecule has 0 spiro atoms. The van der Waals surface area contributed by atoms with Crippen molar-refractivity contribution in [2.75, 3.05) is 20.2 Å². The first kappa shape index (κ1) is 16.3. The van der Waals surface area contributed by atoms with E-state index in [4.69, 9.17) is 11.6 Å². The highest BCUT2D eigenvalue weighted by Gasteiger charge is 2.30. The number of nitrogens with zero attached hydrogens (tertiary/aromatic N) is 1. The van der Waals surface area contributed by atoms with Gasteiger partial charge in [0.15, 0.2) is 6.10 Å². The van der Waals surface area contributed by atoms with Crippen molar-refractivity contribution in [1.82, 2.24) is 4.90 Å². The Balaban J connectivity index is 1.86. The van der Waals surface area contributed by atoms with Gasteiger partial charge in [0.05, 0.1) is 7.11 Å². The van der Waals surface area contributed by atoms with Gasteiger partial charge in [-0.2, -0.15) is 0 Å². The quantitative estimate of drug-likeness (QED) is 0.868. The minimum absolute atomic E-state index is 0.000605. The fourth-order valence-corrected chi connectivity index (χ4v) is 2.92. The van der Waals surface area contributed by atoms with Gasteiger partial charge in [0.25, 0.3) is 0 Å². The largest absolute Gasteiger partial charge is 0.467 e. The van der Waals surface area contributed by atoms with Crippen LogP contribution in [0.4, 0.5) is 0 Å². The Morgan fingerprint density at radius 2 is 2.14 bits per heavy atom. The average molecular weight is 312 g/mol. The van der Waals surface area contributed by atoms with Gasteiger partial charge in [-0.1, -0.05) is 23.7 Å². The third-order valence-electron chi connectivity index (χ3n) is 4.15. The van der Waals surface area contributed by atoms with Crippen LogP contribution in [0.25, 0.3) is 0 Å². The molecule has 1 atom stereocenters. The molecule has 0 aliphatic carbocycles. The molecule has 1 heterocycles. The number of rotatable bonds is 4. The molecule has 1 saturated heterocycles. The monoisotopic (exact) mass is 311 g/mol. The van der Waals surface area contributed by atoms with Crippen molar-refractivity contribution in [3.05, 3.63) is 34.3 Å². The number of esters is 1. The number of ether oxygens (including phenoxy) is 1. The van der Waals surface area contributed by atoms with Crippen molar-refractivity contribution in [3.63, 3.8) is 0 Å². The van der Waals surface area contributed by atoms with Gasteiger partial charge in [-0.15, -0.1) is 0 Å². The Labute approximate surface area is 130 Å². The number of aliphatic hydroxyl groups is 1. The summed E-state index contributed by atoms with van der Waals surface area (Å²) in [6.45, 7) is 4.63. The molecule has 1 aromatic carbocycles. The summed E-state index contributed by atoms with van der Waals surface area (Å²) in [4.78, 5) is 13.7. The molecule has 0 radical (unpaired) electrons. The van der Waals surface area contributed by atoms with Gasteiger partial charge in [0.1, 0.15) is 0 Å². The summed E-state index contributed by atoms with van der Waals surface area (Å²) in [5, 5.41) is 10.7. The lowest BCUT2D eigenvalue weighted by Crippen LogP contribution is -2.40. The summed E-state index contributed by atoms with van der Waals surface area (Å²) >= 11 is 6.04. The second-order valence-corrected chi connectivity index (χ2v) is 6.07. The highest BCUT2D eigenvalue weighted by molar-refractivity contribution is 6.31. The molecule has 5 heteroatoms. The number of hydrogen-bond acceptors (Lipinski definition) is 4. The number of aryl methyl sites for hydroxylation is 1. The Kier molecular flexibility index (Phi) is 5.62. The average Bonchev–Trinajstić information content (AvgIpc) is 2.50. The Morgan fingerprint density at radius 3 is 2.71 bits per heavy atom. The third kappa shape index (κ3) is 4.19. The molecule has 1 aliphatic heterocycles. The first-order valence-electron chi connectivity index (χ1n) is 7.24. The van der Waals surface area contributed by atoms with E-state index in [0.29, 0.717) is 0 Å². The van der Waals surface area contributed by atoms with E-state index < -0.39 is 12.1 Å². The normalized spacial score (nSPS) is 18.5. The minimum Gasteiger partial charge on any atom is -0.467 e. The van der Waals surface area contributed by atoms with E-state index in [1.165, 1.54) is 12.7 Å². The maximum atomic E-state index is 11.4. The number of carbonyl (C=O) groups excluding carboxylic acids is 1. The van der Waals surface area contributed by atoms with Gasteiger partial charge in [-0.05, 0) is 56.0 Å².